The van der Waals surface area contributed by atoms with Crippen molar-refractivity contribution in [3.05, 3.63) is 331 Å². The molecule has 20 rings (SSSR count). The van der Waals surface area contributed by atoms with Gasteiger partial charge in [-0.15, -0.1) is 13.2 Å². The number of hydrogen-bond acceptors (Lipinski definition) is 28. The molecule has 8 amide bonds. The van der Waals surface area contributed by atoms with E-state index in [1.807, 2.05) is 79.0 Å². The molecule has 0 spiro atoms. The van der Waals surface area contributed by atoms with Crippen LogP contribution < -0.4 is 47.3 Å². The molecule has 5 aromatic carbocycles. The second kappa shape index (κ2) is 51.1. The quantitative estimate of drug-likeness (QED) is 0.0159. The number of rotatable bonds is 29. The molecule has 8 aliphatic rings. The molecule has 7 aromatic heterocycles. The van der Waals surface area contributed by atoms with Gasteiger partial charge in [0, 0.05) is 142 Å². The molecular weight excluding hydrogens is 1970 g/mol. The van der Waals surface area contributed by atoms with Gasteiger partial charge in [0.2, 0.25) is 0 Å². The Kier molecular flexibility index (Phi) is 36.4. The number of carbonyl (C=O) groups excluding carboxylic acids is 8. The Morgan fingerprint density at radius 2 is 0.682 bits per heavy atom. The highest BCUT2D eigenvalue weighted by Crippen LogP contribution is 2.39. The fourth-order valence-corrected chi connectivity index (χ4v) is 22.0. The van der Waals surface area contributed by atoms with Crippen LogP contribution in [0.3, 0.4) is 0 Å². The van der Waals surface area contributed by atoms with Gasteiger partial charge in [-0.3, -0.25) is 74.6 Å². The van der Waals surface area contributed by atoms with E-state index in [0.29, 0.717) is 127 Å². The van der Waals surface area contributed by atoms with Crippen LogP contribution in [0.2, 0.25) is 0 Å². The number of ether oxygens (including phenoxy) is 1. The summed E-state index contributed by atoms with van der Waals surface area (Å²) in [6.45, 7) is 4.85. The highest BCUT2D eigenvalue weighted by molar-refractivity contribution is 8.19. The highest BCUT2D eigenvalue weighted by atomic mass is 32.2. The summed E-state index contributed by atoms with van der Waals surface area (Å²) in [6.07, 6.45) is 35.6. The molecule has 8 N–H and O–H groups in total. The number of aromatic nitrogens is 11. The number of amides is 8. The van der Waals surface area contributed by atoms with Crippen LogP contribution in [0.25, 0.3) is 69.1 Å². The number of benzene rings is 5. The molecule has 4 aliphatic carbocycles. The highest BCUT2D eigenvalue weighted by Gasteiger charge is 2.35. The Bertz CT molecular complexity index is 6740. The zero-order valence-electron chi connectivity index (χ0n) is 80.9. The second-order valence-corrected chi connectivity index (χ2v) is 41.4. The van der Waals surface area contributed by atoms with E-state index in [2.05, 4.69) is 139 Å². The van der Waals surface area contributed by atoms with E-state index >= 15 is 0 Å². The normalized spacial score (nSPS) is 20.9. The van der Waals surface area contributed by atoms with E-state index in [9.17, 15) is 60.3 Å². The third kappa shape index (κ3) is 30.7. The summed E-state index contributed by atoms with van der Waals surface area (Å²) in [5.74, 6) is 2.66. The summed E-state index contributed by atoms with van der Waals surface area (Å²) in [6, 6.07) is 54.4. The summed E-state index contributed by atoms with van der Waals surface area (Å²) >= 11 is 3.54. The van der Waals surface area contributed by atoms with Gasteiger partial charge in [0.1, 0.15) is 40.7 Å². The topological polar surface area (TPSA) is 384 Å². The Hall–Kier alpha value is -13.9. The SMILES string of the molecule is Cc1ccccc1-c1ncccc1CNC1CCC(Cc2nccc(/C=C3\SC(=O)NC3=O)n2)CC1.O=C1NC(=O)/C(=C/c2ccnc(CC3CCC(NCc4ccc(F)cc4-c4ccccc4)CC3)n2)S1.O=C1NC(=O)/C(=C/c2ccnc(CC3CCC(NCc4ccc(F)cc4-c4cccnc4)CC3)n2)S1.O=C1NC(=O)/C(=C/c2ccnc(CC3CCC(NCc4cccnc4-c4cccc(OC(F)(F)F)c4)CC3)n2)S1. The van der Waals surface area contributed by atoms with Crippen LogP contribution in [0, 0.1) is 42.2 Å². The fourth-order valence-electron chi connectivity index (χ4n) is 19.4. The van der Waals surface area contributed by atoms with E-state index in [1.165, 1.54) is 47.0 Å². The molecular formula is C111H108F5N19O9S4. The minimum Gasteiger partial charge on any atom is -0.406 e. The molecule has 28 nitrogen and oxygen atoms in total. The molecule has 4 saturated carbocycles. The number of hydrogen-bond donors (Lipinski definition) is 8. The van der Waals surface area contributed by atoms with Gasteiger partial charge < -0.3 is 26.0 Å². The van der Waals surface area contributed by atoms with Crippen molar-refractivity contribution in [2.45, 2.75) is 192 Å². The molecule has 0 radical (unpaired) electrons. The molecule has 37 heteroatoms. The fraction of sp³-hybridized carbons (Fsp3) is 0.306. The third-order valence-corrected chi connectivity index (χ3v) is 30.2. The average Bonchev–Trinajstić information content (AvgIpc) is 1.10. The Labute approximate surface area is 869 Å². The van der Waals surface area contributed by atoms with Crippen LogP contribution in [0.5, 0.6) is 5.75 Å². The van der Waals surface area contributed by atoms with Gasteiger partial charge in [0.15, 0.2) is 0 Å². The van der Waals surface area contributed by atoms with Gasteiger partial charge in [-0.05, 0) is 328 Å². The smallest absolute Gasteiger partial charge is 0.406 e. The average molecular weight is 2080 g/mol. The van der Waals surface area contributed by atoms with Gasteiger partial charge in [0.25, 0.3) is 44.6 Å². The van der Waals surface area contributed by atoms with Crippen LogP contribution in [0.1, 0.15) is 177 Å². The zero-order valence-corrected chi connectivity index (χ0v) is 84.1. The van der Waals surface area contributed by atoms with E-state index in [4.69, 9.17) is 0 Å². The third-order valence-electron chi connectivity index (χ3n) is 26.9. The maximum Gasteiger partial charge on any atom is 0.573 e. The van der Waals surface area contributed by atoms with Crippen LogP contribution >= 0.6 is 47.0 Å². The molecule has 0 bridgehead atoms. The van der Waals surface area contributed by atoms with Gasteiger partial charge in [-0.1, -0.05) is 97.1 Å². The second-order valence-electron chi connectivity index (χ2n) is 37.3. The molecule has 0 unspecified atom stereocenters. The van der Waals surface area contributed by atoms with Gasteiger partial charge in [0.05, 0.1) is 53.8 Å². The number of alkyl halides is 3. The summed E-state index contributed by atoms with van der Waals surface area (Å²) in [7, 11) is 0. The van der Waals surface area contributed by atoms with Crippen molar-refractivity contribution in [1.29, 1.82) is 0 Å². The maximum atomic E-state index is 13.9. The van der Waals surface area contributed by atoms with E-state index in [1.54, 1.807) is 110 Å². The lowest BCUT2D eigenvalue weighted by molar-refractivity contribution is -0.274. The Morgan fingerprint density at radius 3 is 1.05 bits per heavy atom. The number of imide groups is 4. The van der Waals surface area contributed by atoms with Crippen molar-refractivity contribution in [1.82, 2.24) is 97.4 Å². The standard InChI is InChI=1S/C28H26F3N5O3S.C28H27FN4O2S.C28H29N5O2S.C27H26FN5O2S/c29-28(30,31)39-22-5-1-3-18(14-22)25-19(4-2-11-33-25)16-34-20-8-6-17(7-9-20)13-24-32-12-10-21(35-24)15-23-26(37)36-27(38)40-23;29-21-9-8-20(24(15-21)19-4-2-1-3-5-19)17-31-22-10-6-18(7-11-22)14-26-30-13-12-23(32-26)16-25-27(34)33-28(35)36-25;1-18-5-2-3-7-23(18)26-20(6-4-13-30-26)17-31-21-10-8-19(9-11-21)15-25-29-14-12-22(32-25)16-24-27(34)33-28(35)36-24;28-20-6-5-19(23(13-20)18-2-1-10-29-15-18)16-31-21-7-3-17(4-8-21)12-25-30-11-9-22(32-25)14-24-26(34)33-27(35)36-24/h1-5,10-12,14-15,17,20,34H,6-9,13,16H2,(H,36,37,38);1-5,8-9,12-13,15-16,18,22,31H,6-7,10-11,14,17H2,(H,33,34,35);2-7,12-14,16,19,21,31H,8-11,15,17H2,1H3,(H,33,34,35);1-2,5-6,9-11,13-15,17,21,31H,3-4,7-8,12,16H2,(H,33,34,35)/b23-15-;25-16-;24-16-;24-14-. The first kappa shape index (κ1) is 105. The lowest BCUT2D eigenvalue weighted by Crippen LogP contribution is -2.33. The van der Waals surface area contributed by atoms with E-state index in [-0.39, 0.29) is 56.1 Å². The largest absolute Gasteiger partial charge is 0.573 e. The first-order valence-electron chi connectivity index (χ1n) is 49.4. The summed E-state index contributed by atoms with van der Waals surface area (Å²) in [4.78, 5) is 143. The number of carbonyl (C=O) groups is 8. The zero-order chi connectivity index (χ0) is 103. The molecule has 760 valence electrons. The molecule has 4 aliphatic heterocycles. The number of halogens is 5. The van der Waals surface area contributed by atoms with Crippen molar-refractivity contribution in [3.8, 4) is 50.5 Å². The lowest BCUT2D eigenvalue weighted by Gasteiger charge is -2.29. The number of pyridine rings is 3. The number of nitrogens with one attached hydrogen (secondary N) is 8. The Balaban J connectivity index is 0.000000135. The predicted octanol–water partition coefficient (Wildman–Crippen LogP) is 21.1. The summed E-state index contributed by atoms with van der Waals surface area (Å²) in [5, 5.41) is 22.2. The van der Waals surface area contributed by atoms with E-state index in [0.717, 1.165) is 244 Å². The van der Waals surface area contributed by atoms with Crippen molar-refractivity contribution in [2.24, 2.45) is 23.7 Å². The van der Waals surface area contributed by atoms with Gasteiger partial charge >= 0.3 is 6.36 Å². The molecule has 11 heterocycles. The van der Waals surface area contributed by atoms with Gasteiger partial charge in [-0.2, -0.15) is 0 Å². The molecule has 8 fully saturated rings. The summed E-state index contributed by atoms with van der Waals surface area (Å²) < 4.78 is 69.9. The van der Waals surface area contributed by atoms with Crippen molar-refractivity contribution >= 4 is 116 Å². The minimum absolute atomic E-state index is 0.223. The predicted molar refractivity (Wildman–Crippen MR) is 562 cm³/mol. The van der Waals surface area contributed by atoms with Gasteiger partial charge in [-0.25, -0.2) is 48.7 Å². The first-order valence-corrected chi connectivity index (χ1v) is 52.6. The molecule has 148 heavy (non-hydrogen) atoms. The maximum absolute atomic E-state index is 13.9. The van der Waals surface area contributed by atoms with Crippen molar-refractivity contribution < 1.29 is 65.0 Å². The first-order chi connectivity index (χ1) is 71.8. The number of aryl methyl sites for hydroxylation is 1. The van der Waals surface area contributed by atoms with Crippen LogP contribution in [0.15, 0.2) is 245 Å². The van der Waals surface area contributed by atoms with Crippen LogP contribution in [-0.4, -0.2) is 130 Å². The number of nitrogens with zero attached hydrogens (tertiary/aromatic N) is 11. The summed E-state index contributed by atoms with van der Waals surface area (Å²) in [5.41, 5.74) is 15.2. The Morgan fingerprint density at radius 1 is 0.338 bits per heavy atom. The molecule has 12 aromatic rings. The van der Waals surface area contributed by atoms with E-state index < -0.39 is 12.3 Å². The monoisotopic (exact) mass is 2070 g/mol. The van der Waals surface area contributed by atoms with Crippen molar-refractivity contribution in [2.75, 3.05) is 0 Å². The minimum atomic E-state index is -4.76. The van der Waals surface area contributed by atoms with Crippen LogP contribution in [0.4, 0.5) is 41.1 Å². The van der Waals surface area contributed by atoms with Crippen LogP contribution in [-0.2, 0) is 71.0 Å². The molecule has 4 saturated heterocycles. The lowest BCUT2D eigenvalue weighted by atomic mass is 9.84. The van der Waals surface area contributed by atoms with Crippen molar-refractivity contribution in [3.63, 3.8) is 0 Å². The number of thioether (sulfide) groups is 4. The molecule has 0 atom stereocenters.